The van der Waals surface area contributed by atoms with Gasteiger partial charge in [0.15, 0.2) is 5.13 Å². The van der Waals surface area contributed by atoms with Crippen molar-refractivity contribution in [2.24, 2.45) is 0 Å². The standard InChI is InChI=1S/C20H19N5OS/c26-19(16-8-6-15(7-9-16)14-25-13-3-10-23-25)21-11-12-22-20-24-17-4-1-2-5-18(17)27-20/h1-10,13H,11-12,14H2,(H,21,26)(H,22,24). The fourth-order valence-corrected chi connectivity index (χ4v) is 3.63. The van der Waals surface area contributed by atoms with Crippen LogP contribution in [0.3, 0.4) is 0 Å². The van der Waals surface area contributed by atoms with Crippen molar-refractivity contribution in [3.63, 3.8) is 0 Å². The Labute approximate surface area is 160 Å². The number of aromatic nitrogens is 3. The van der Waals surface area contributed by atoms with Gasteiger partial charge in [-0.1, -0.05) is 35.6 Å². The Morgan fingerprint density at radius 3 is 2.67 bits per heavy atom. The second kappa shape index (κ2) is 8.01. The van der Waals surface area contributed by atoms with Crippen LogP contribution in [0.4, 0.5) is 5.13 Å². The van der Waals surface area contributed by atoms with E-state index >= 15 is 0 Å². The largest absolute Gasteiger partial charge is 0.360 e. The highest BCUT2D eigenvalue weighted by atomic mass is 32.1. The molecule has 0 spiro atoms. The maximum Gasteiger partial charge on any atom is 0.251 e. The summed E-state index contributed by atoms with van der Waals surface area (Å²) >= 11 is 1.61. The van der Waals surface area contributed by atoms with Crippen molar-refractivity contribution in [3.8, 4) is 0 Å². The SMILES string of the molecule is O=C(NCCNc1nc2ccccc2s1)c1ccc(Cn2cccn2)cc1. The molecule has 0 saturated carbocycles. The number of carbonyl (C=O) groups excluding carboxylic acids is 1. The quantitative estimate of drug-likeness (QED) is 0.484. The number of hydrogen-bond acceptors (Lipinski definition) is 5. The van der Waals surface area contributed by atoms with E-state index in [9.17, 15) is 4.79 Å². The fourth-order valence-electron chi connectivity index (χ4n) is 2.74. The lowest BCUT2D eigenvalue weighted by molar-refractivity contribution is 0.0955. The van der Waals surface area contributed by atoms with Gasteiger partial charge < -0.3 is 10.6 Å². The second-order valence-corrected chi connectivity index (χ2v) is 7.10. The summed E-state index contributed by atoms with van der Waals surface area (Å²) in [5.74, 6) is -0.0771. The summed E-state index contributed by atoms with van der Waals surface area (Å²) in [5.41, 5.74) is 2.75. The van der Waals surface area contributed by atoms with Crippen LogP contribution in [0.1, 0.15) is 15.9 Å². The number of thiazole rings is 1. The molecule has 2 N–H and O–H groups in total. The molecule has 4 rings (SSSR count). The van der Waals surface area contributed by atoms with Crippen LogP contribution in [-0.2, 0) is 6.54 Å². The molecule has 27 heavy (non-hydrogen) atoms. The highest BCUT2D eigenvalue weighted by Gasteiger charge is 2.06. The molecule has 0 aliphatic carbocycles. The molecule has 0 aliphatic rings. The molecule has 0 bridgehead atoms. The highest BCUT2D eigenvalue weighted by molar-refractivity contribution is 7.22. The Bertz CT molecular complexity index is 991. The first-order valence-corrected chi connectivity index (χ1v) is 9.53. The first-order chi connectivity index (χ1) is 13.3. The molecule has 0 saturated heterocycles. The van der Waals surface area contributed by atoms with Crippen LogP contribution in [0, 0.1) is 0 Å². The average Bonchev–Trinajstić information content (AvgIpc) is 3.34. The number of hydrogen-bond donors (Lipinski definition) is 2. The zero-order valence-corrected chi connectivity index (χ0v) is 15.4. The van der Waals surface area contributed by atoms with E-state index in [-0.39, 0.29) is 5.91 Å². The van der Waals surface area contributed by atoms with Gasteiger partial charge in [0, 0.05) is 31.0 Å². The summed E-state index contributed by atoms with van der Waals surface area (Å²) < 4.78 is 3.00. The van der Waals surface area contributed by atoms with Crippen molar-refractivity contribution in [2.75, 3.05) is 18.4 Å². The number of fused-ring (bicyclic) bond motifs is 1. The summed E-state index contributed by atoms with van der Waals surface area (Å²) in [5, 5.41) is 11.2. The van der Waals surface area contributed by atoms with Gasteiger partial charge in [0.1, 0.15) is 0 Å². The summed E-state index contributed by atoms with van der Waals surface area (Å²) in [6.07, 6.45) is 3.67. The van der Waals surface area contributed by atoms with E-state index in [1.807, 2.05) is 59.4 Å². The van der Waals surface area contributed by atoms with Crippen molar-refractivity contribution < 1.29 is 4.79 Å². The average molecular weight is 377 g/mol. The van der Waals surface area contributed by atoms with Crippen LogP contribution >= 0.6 is 11.3 Å². The zero-order valence-electron chi connectivity index (χ0n) is 14.6. The first kappa shape index (κ1) is 17.2. The molecular formula is C20H19N5OS. The van der Waals surface area contributed by atoms with Crippen molar-refractivity contribution >= 4 is 32.6 Å². The van der Waals surface area contributed by atoms with Gasteiger partial charge in [-0.15, -0.1) is 0 Å². The molecule has 0 fully saturated rings. The molecule has 6 nitrogen and oxygen atoms in total. The predicted molar refractivity (Wildman–Crippen MR) is 108 cm³/mol. The van der Waals surface area contributed by atoms with Crippen molar-refractivity contribution in [2.45, 2.75) is 6.54 Å². The van der Waals surface area contributed by atoms with Gasteiger partial charge in [0.25, 0.3) is 5.91 Å². The Kier molecular flexibility index (Phi) is 5.11. The number of carbonyl (C=O) groups is 1. The van der Waals surface area contributed by atoms with E-state index in [0.29, 0.717) is 25.2 Å². The molecule has 2 heterocycles. The molecule has 0 aliphatic heterocycles. The van der Waals surface area contributed by atoms with Gasteiger partial charge in [0.2, 0.25) is 0 Å². The number of nitrogens with one attached hydrogen (secondary N) is 2. The normalized spacial score (nSPS) is 10.8. The molecule has 4 aromatic rings. The lowest BCUT2D eigenvalue weighted by Crippen LogP contribution is -2.28. The predicted octanol–water partition coefficient (Wildman–Crippen LogP) is 3.38. The molecule has 2 aromatic carbocycles. The van der Waals surface area contributed by atoms with Gasteiger partial charge >= 0.3 is 0 Å². The van der Waals surface area contributed by atoms with Crippen LogP contribution < -0.4 is 10.6 Å². The first-order valence-electron chi connectivity index (χ1n) is 8.72. The van der Waals surface area contributed by atoms with Crippen LogP contribution in [0.5, 0.6) is 0 Å². The van der Waals surface area contributed by atoms with Gasteiger partial charge in [-0.2, -0.15) is 5.10 Å². The number of amides is 1. The van der Waals surface area contributed by atoms with Gasteiger partial charge in [0.05, 0.1) is 16.8 Å². The van der Waals surface area contributed by atoms with E-state index in [0.717, 1.165) is 20.9 Å². The number of para-hydroxylation sites is 1. The van der Waals surface area contributed by atoms with Crippen molar-refractivity contribution in [1.82, 2.24) is 20.1 Å². The second-order valence-electron chi connectivity index (χ2n) is 6.07. The highest BCUT2D eigenvalue weighted by Crippen LogP contribution is 2.24. The van der Waals surface area contributed by atoms with Gasteiger partial charge in [-0.05, 0) is 35.9 Å². The van der Waals surface area contributed by atoms with Crippen LogP contribution in [0.2, 0.25) is 0 Å². The summed E-state index contributed by atoms with van der Waals surface area (Å²) in [4.78, 5) is 16.8. The van der Waals surface area contributed by atoms with Crippen molar-refractivity contribution in [1.29, 1.82) is 0 Å². The van der Waals surface area contributed by atoms with Crippen LogP contribution in [0.25, 0.3) is 10.2 Å². The molecule has 0 unspecified atom stereocenters. The van der Waals surface area contributed by atoms with Gasteiger partial charge in [-0.3, -0.25) is 9.48 Å². The topological polar surface area (TPSA) is 71.8 Å². The molecule has 136 valence electrons. The Morgan fingerprint density at radius 1 is 1.04 bits per heavy atom. The third-order valence-corrected chi connectivity index (χ3v) is 5.09. The molecule has 2 aromatic heterocycles. The van der Waals surface area contributed by atoms with Gasteiger partial charge in [-0.25, -0.2) is 4.98 Å². The molecule has 1 amide bonds. The number of benzene rings is 2. The maximum atomic E-state index is 12.3. The van der Waals surface area contributed by atoms with E-state index in [1.54, 1.807) is 17.5 Å². The van der Waals surface area contributed by atoms with E-state index < -0.39 is 0 Å². The molecule has 0 radical (unpaired) electrons. The lowest BCUT2D eigenvalue weighted by Gasteiger charge is -2.07. The zero-order chi connectivity index (χ0) is 18.5. The lowest BCUT2D eigenvalue weighted by atomic mass is 10.1. The summed E-state index contributed by atoms with van der Waals surface area (Å²) in [6.45, 7) is 1.85. The maximum absolute atomic E-state index is 12.3. The van der Waals surface area contributed by atoms with E-state index in [2.05, 4.69) is 26.8 Å². The number of anilines is 1. The Hall–Kier alpha value is -3.19. The minimum atomic E-state index is -0.0771. The molecule has 0 atom stereocenters. The van der Waals surface area contributed by atoms with E-state index in [4.69, 9.17) is 0 Å². The smallest absolute Gasteiger partial charge is 0.251 e. The van der Waals surface area contributed by atoms with Crippen LogP contribution in [0.15, 0.2) is 67.0 Å². The third-order valence-electron chi connectivity index (χ3n) is 4.10. The minimum Gasteiger partial charge on any atom is -0.360 e. The molecular weight excluding hydrogens is 358 g/mol. The van der Waals surface area contributed by atoms with E-state index in [1.165, 1.54) is 0 Å². The Morgan fingerprint density at radius 2 is 1.89 bits per heavy atom. The summed E-state index contributed by atoms with van der Waals surface area (Å²) in [6, 6.07) is 17.5. The van der Waals surface area contributed by atoms with Crippen LogP contribution in [-0.4, -0.2) is 33.8 Å². The Balaban J connectivity index is 1.25. The minimum absolute atomic E-state index is 0.0771. The monoisotopic (exact) mass is 377 g/mol. The van der Waals surface area contributed by atoms with Crippen molar-refractivity contribution in [3.05, 3.63) is 78.1 Å². The number of rotatable bonds is 7. The third kappa shape index (κ3) is 4.32. The fraction of sp³-hybridized carbons (Fsp3) is 0.150. The number of nitrogens with zero attached hydrogens (tertiary/aromatic N) is 3. The summed E-state index contributed by atoms with van der Waals surface area (Å²) in [7, 11) is 0. The molecule has 7 heteroatoms.